The van der Waals surface area contributed by atoms with Crippen molar-refractivity contribution in [2.45, 2.75) is 278 Å². The normalized spacial score (nSPS) is 51.0. The minimum Gasteiger partial charge on any atom is -0.394 e. The molecule has 0 amide bonds. The van der Waals surface area contributed by atoms with E-state index in [1.54, 1.807) is 0 Å². The molecule has 514 valence electrons. The fourth-order valence-corrected chi connectivity index (χ4v) is 16.8. The standard InChI is InChI=1S/C60H100O29/c1-23(9-13-35(57(4,5)79)87-55-50(89-54-47(77)42(72)38(68)29(20-63)83-54)43(73)39(69)31(85-55)22-80-51-45(75)40(70)36(66)27(18-61)81-51)24-15-16-58(6)32-12-10-25-26(60(32,8)33(65)17-59(24,58)7)11-14-34(56(25,2)3)86-52-48(78)44(74)49(30(21-64)84-52)88-53-46(76)41(71)37(67)28(19-62)82-53/h10,23-24,26-32,34-55,61-64,66-79H,9,11-22H2,1-8H3/t23-,24?,26?,27-,28-,29+,30-,31-,32?,34+,35-,36-,37-,38+,39-,40+,41+,42-,43+,44-,45-,46-,47+,48-,49-,50-,51+,52+,53+,54-,55+,58+,59-,60+/m1/s1. The number of ether oxygens (including phenoxy) is 10. The van der Waals surface area contributed by atoms with Crippen LogP contribution in [0.1, 0.15) is 107 Å². The molecular formula is C60H100O29. The van der Waals surface area contributed by atoms with Crippen molar-refractivity contribution in [2.75, 3.05) is 33.0 Å². The summed E-state index contributed by atoms with van der Waals surface area (Å²) in [6.45, 7) is 12.0. The van der Waals surface area contributed by atoms with Crippen LogP contribution < -0.4 is 0 Å². The molecule has 34 atom stereocenters. The van der Waals surface area contributed by atoms with E-state index < -0.39 is 221 Å². The first-order valence-electron chi connectivity index (χ1n) is 31.4. The highest BCUT2D eigenvalue weighted by atomic mass is 16.8. The molecule has 4 aliphatic carbocycles. The molecule has 0 radical (unpaired) electrons. The summed E-state index contributed by atoms with van der Waals surface area (Å²) in [5.74, 6) is -0.178. The van der Waals surface area contributed by atoms with Crippen molar-refractivity contribution >= 4 is 5.78 Å². The van der Waals surface area contributed by atoms with Gasteiger partial charge in [-0.3, -0.25) is 4.79 Å². The van der Waals surface area contributed by atoms with Gasteiger partial charge in [-0.1, -0.05) is 53.2 Å². The van der Waals surface area contributed by atoms with Crippen molar-refractivity contribution in [3.05, 3.63) is 11.6 Å². The molecule has 9 aliphatic rings. The highest BCUT2D eigenvalue weighted by Crippen LogP contribution is 2.74. The summed E-state index contributed by atoms with van der Waals surface area (Å²) >= 11 is 0. The zero-order valence-electron chi connectivity index (χ0n) is 51.7. The number of carbonyl (C=O) groups excluding carboxylic acids is 1. The molecule has 0 aromatic carbocycles. The van der Waals surface area contributed by atoms with Gasteiger partial charge in [-0.05, 0) is 93.3 Å². The largest absolute Gasteiger partial charge is 0.394 e. The van der Waals surface area contributed by atoms with E-state index in [1.807, 2.05) is 13.8 Å². The van der Waals surface area contributed by atoms with Gasteiger partial charge in [0.15, 0.2) is 31.5 Å². The van der Waals surface area contributed by atoms with Gasteiger partial charge in [0.25, 0.3) is 0 Å². The van der Waals surface area contributed by atoms with Crippen molar-refractivity contribution in [3.63, 3.8) is 0 Å². The van der Waals surface area contributed by atoms with Crippen LogP contribution in [0.15, 0.2) is 11.6 Å². The Kier molecular flexibility index (Phi) is 22.1. The van der Waals surface area contributed by atoms with Crippen molar-refractivity contribution in [1.82, 2.24) is 0 Å². The second kappa shape index (κ2) is 27.4. The lowest BCUT2D eigenvalue weighted by Crippen LogP contribution is -2.65. The van der Waals surface area contributed by atoms with Crippen LogP contribution in [0.3, 0.4) is 0 Å². The molecule has 3 unspecified atom stereocenters. The lowest BCUT2D eigenvalue weighted by Gasteiger charge is -2.65. The van der Waals surface area contributed by atoms with Gasteiger partial charge in [0.2, 0.25) is 0 Å². The Hall–Kier alpha value is -1.71. The van der Waals surface area contributed by atoms with Crippen molar-refractivity contribution in [3.8, 4) is 0 Å². The van der Waals surface area contributed by atoms with Gasteiger partial charge < -0.3 is 139 Å². The van der Waals surface area contributed by atoms with Gasteiger partial charge in [-0.15, -0.1) is 0 Å². The zero-order valence-corrected chi connectivity index (χ0v) is 51.7. The first-order chi connectivity index (χ1) is 41.7. The molecule has 8 fully saturated rings. The second-order valence-corrected chi connectivity index (χ2v) is 28.5. The van der Waals surface area contributed by atoms with Crippen molar-refractivity contribution in [2.24, 2.45) is 45.3 Å². The van der Waals surface area contributed by atoms with E-state index in [0.717, 1.165) is 18.4 Å². The minimum absolute atomic E-state index is 0.00532. The number of hydrogen-bond acceptors (Lipinski definition) is 29. The maximum absolute atomic E-state index is 15.4. The van der Waals surface area contributed by atoms with E-state index >= 15 is 4.79 Å². The summed E-state index contributed by atoms with van der Waals surface area (Å²) in [6, 6.07) is 0. The molecule has 9 rings (SSSR count). The Morgan fingerprint density at radius 3 is 1.54 bits per heavy atom. The third-order valence-corrected chi connectivity index (χ3v) is 22.6. The van der Waals surface area contributed by atoms with Crippen molar-refractivity contribution < 1.29 is 144 Å². The summed E-state index contributed by atoms with van der Waals surface area (Å²) in [5.41, 5.74) is -2.96. The molecule has 0 aromatic rings. The van der Waals surface area contributed by atoms with Gasteiger partial charge in [0, 0.05) is 17.3 Å². The molecule has 29 nitrogen and oxygen atoms in total. The third kappa shape index (κ3) is 12.9. The van der Waals surface area contributed by atoms with E-state index in [2.05, 4.69) is 33.8 Å². The molecule has 89 heavy (non-hydrogen) atoms. The molecule has 5 heterocycles. The Morgan fingerprint density at radius 1 is 0.539 bits per heavy atom. The Labute approximate surface area is 516 Å². The molecule has 0 bridgehead atoms. The average Bonchev–Trinajstić information content (AvgIpc) is 1.66. The van der Waals surface area contributed by atoms with Crippen molar-refractivity contribution in [1.29, 1.82) is 0 Å². The molecule has 5 saturated heterocycles. The van der Waals surface area contributed by atoms with Gasteiger partial charge >= 0.3 is 0 Å². The van der Waals surface area contributed by atoms with Gasteiger partial charge in [0.1, 0.15) is 128 Å². The fourth-order valence-electron chi connectivity index (χ4n) is 16.8. The summed E-state index contributed by atoms with van der Waals surface area (Å²) in [6.07, 6.45) is -37.7. The van der Waals surface area contributed by atoms with Crippen LogP contribution in [0.4, 0.5) is 0 Å². The number of aliphatic hydroxyl groups excluding tert-OH is 17. The molecule has 5 aliphatic heterocycles. The number of ketones is 1. The first-order valence-corrected chi connectivity index (χ1v) is 31.4. The highest BCUT2D eigenvalue weighted by Gasteiger charge is 2.71. The molecule has 3 saturated carbocycles. The quantitative estimate of drug-likeness (QED) is 0.0507. The maximum atomic E-state index is 15.4. The lowest BCUT2D eigenvalue weighted by molar-refractivity contribution is -0.380. The molecule has 29 heteroatoms. The second-order valence-electron chi connectivity index (χ2n) is 28.5. The monoisotopic (exact) mass is 1280 g/mol. The number of allylic oxidation sites excluding steroid dienone is 1. The zero-order chi connectivity index (χ0) is 65.5. The topological polar surface area (TPSA) is 474 Å². The number of carbonyl (C=O) groups is 1. The molecule has 18 N–H and O–H groups in total. The van der Waals surface area contributed by atoms with Crippen LogP contribution in [0.2, 0.25) is 0 Å². The predicted octanol–water partition coefficient (Wildman–Crippen LogP) is -5.20. The minimum atomic E-state index is -1.97. The van der Waals surface area contributed by atoms with Crippen LogP contribution in [-0.4, -0.2) is 302 Å². The summed E-state index contributed by atoms with van der Waals surface area (Å²) in [4.78, 5) is 15.4. The molecule has 0 aromatic heterocycles. The van der Waals surface area contributed by atoms with Crippen LogP contribution in [-0.2, 0) is 52.2 Å². The summed E-state index contributed by atoms with van der Waals surface area (Å²) in [5, 5.41) is 192. The van der Waals surface area contributed by atoms with E-state index in [9.17, 15) is 91.9 Å². The number of Topliss-reactive ketones (excluding diaryl/α,β-unsaturated/α-hetero) is 1. The maximum Gasteiger partial charge on any atom is 0.187 e. The molecule has 0 spiro atoms. The van der Waals surface area contributed by atoms with Crippen LogP contribution in [0.5, 0.6) is 0 Å². The third-order valence-electron chi connectivity index (χ3n) is 22.6. The Morgan fingerprint density at radius 2 is 1.00 bits per heavy atom. The Bertz CT molecular complexity index is 2390. The number of hydrogen-bond donors (Lipinski definition) is 18. The van der Waals surface area contributed by atoms with E-state index in [-0.39, 0.29) is 47.7 Å². The number of rotatable bonds is 20. The predicted molar refractivity (Wildman–Crippen MR) is 299 cm³/mol. The molecular weight excluding hydrogens is 1180 g/mol. The van der Waals surface area contributed by atoms with Gasteiger partial charge in [0.05, 0.1) is 50.8 Å². The Balaban J connectivity index is 0.885. The SMILES string of the molecule is C[C@H](CC[C@@H](O[C@@H]1O[C@H](CO[C@H]2O[C@H](CO)[C@@H](O)[C@H](O)[C@H]2O)[C@@H](O)[C@H](O)[C@H]1O[C@H]1O[C@@H](CO)[C@H](O)[C@@H](O)[C@@H]1O)C(C)(C)O)C1CC[C@@]2(C)C3CC=C4C(CC[C@H](O[C@@H]5O[C@H](CO)[C@@H](O[C@@H]6O[C@H](CO)[C@@H](O)[C@H](O)[C@H]6O)[C@H](O)[C@H]5O)C4(C)C)[C@]3(C)C(=O)C[C@]12C. The fraction of sp³-hybridized carbons (Fsp3) is 0.950. The smallest absolute Gasteiger partial charge is 0.187 e. The van der Waals surface area contributed by atoms with Gasteiger partial charge in [-0.25, -0.2) is 0 Å². The lowest BCUT2D eigenvalue weighted by atomic mass is 9.38. The van der Waals surface area contributed by atoms with E-state index in [1.165, 1.54) is 13.8 Å². The first kappa shape index (κ1) is 71.6. The average molecular weight is 1290 g/mol. The summed E-state index contributed by atoms with van der Waals surface area (Å²) in [7, 11) is 0. The van der Waals surface area contributed by atoms with Crippen LogP contribution in [0.25, 0.3) is 0 Å². The number of fused-ring (bicyclic) bond motifs is 5. The van der Waals surface area contributed by atoms with Crippen LogP contribution >= 0.6 is 0 Å². The highest BCUT2D eigenvalue weighted by molar-refractivity contribution is 5.88. The summed E-state index contributed by atoms with van der Waals surface area (Å²) < 4.78 is 59.4. The van der Waals surface area contributed by atoms with E-state index in [4.69, 9.17) is 47.4 Å². The van der Waals surface area contributed by atoms with E-state index in [0.29, 0.717) is 25.7 Å². The van der Waals surface area contributed by atoms with Gasteiger partial charge in [-0.2, -0.15) is 0 Å². The van der Waals surface area contributed by atoms with Crippen LogP contribution in [0, 0.1) is 45.3 Å². The number of aliphatic hydroxyl groups is 18.